The number of nitrogens with one attached hydrogen (secondary N) is 1. The van der Waals surface area contributed by atoms with Crippen molar-refractivity contribution in [2.75, 3.05) is 32.8 Å². The van der Waals surface area contributed by atoms with Crippen molar-refractivity contribution in [2.24, 2.45) is 5.92 Å². The summed E-state index contributed by atoms with van der Waals surface area (Å²) in [5.41, 5.74) is 0. The van der Waals surface area contributed by atoms with E-state index in [1.54, 1.807) is 0 Å². The molecular formula is C17H32N2O2. The molecule has 0 aromatic rings. The van der Waals surface area contributed by atoms with Crippen molar-refractivity contribution in [1.29, 1.82) is 0 Å². The molecule has 0 radical (unpaired) electrons. The number of ether oxygens (including phenoxy) is 2. The summed E-state index contributed by atoms with van der Waals surface area (Å²) in [4.78, 5) is 2.69. The minimum Gasteiger partial charge on any atom is -0.348 e. The van der Waals surface area contributed by atoms with Crippen LogP contribution < -0.4 is 5.32 Å². The van der Waals surface area contributed by atoms with Crippen LogP contribution in [-0.4, -0.2) is 55.6 Å². The van der Waals surface area contributed by atoms with Gasteiger partial charge in [0.1, 0.15) is 0 Å². The summed E-state index contributed by atoms with van der Waals surface area (Å²) >= 11 is 0. The molecule has 1 atom stereocenters. The molecule has 2 aliphatic heterocycles. The quantitative estimate of drug-likeness (QED) is 0.844. The van der Waals surface area contributed by atoms with Crippen LogP contribution in [0.25, 0.3) is 0 Å². The van der Waals surface area contributed by atoms with E-state index in [2.05, 4.69) is 24.1 Å². The first-order valence-corrected chi connectivity index (χ1v) is 8.92. The fourth-order valence-corrected chi connectivity index (χ4v) is 4.19. The third-order valence-corrected chi connectivity index (χ3v) is 5.30. The summed E-state index contributed by atoms with van der Waals surface area (Å²) in [6.07, 6.45) is 7.24. The molecule has 1 N–H and O–H groups in total. The van der Waals surface area contributed by atoms with Gasteiger partial charge in [0.2, 0.25) is 0 Å². The third kappa shape index (κ3) is 3.98. The lowest BCUT2D eigenvalue weighted by molar-refractivity contribution is -0.179. The van der Waals surface area contributed by atoms with Crippen LogP contribution in [0.2, 0.25) is 0 Å². The Morgan fingerprint density at radius 3 is 2.52 bits per heavy atom. The molecule has 2 saturated heterocycles. The standard InChI is InChI=1S/C17H32N2O2/c1-14(2)13-19-9-3-4-16(19)12-18-15-5-7-17(8-6-15)20-10-11-21-17/h14-16,18H,3-13H2,1-2H3/t16-/m1/s1. The molecule has 1 aliphatic carbocycles. The van der Waals surface area contributed by atoms with Crippen LogP contribution in [0.5, 0.6) is 0 Å². The predicted molar refractivity (Wildman–Crippen MR) is 84.3 cm³/mol. The van der Waals surface area contributed by atoms with E-state index >= 15 is 0 Å². The Morgan fingerprint density at radius 2 is 1.86 bits per heavy atom. The normalized spacial score (nSPS) is 30.7. The van der Waals surface area contributed by atoms with Gasteiger partial charge in [0, 0.05) is 38.0 Å². The van der Waals surface area contributed by atoms with Crippen molar-refractivity contribution in [3.63, 3.8) is 0 Å². The number of hydrogen-bond acceptors (Lipinski definition) is 4. The zero-order valence-electron chi connectivity index (χ0n) is 13.8. The van der Waals surface area contributed by atoms with Gasteiger partial charge >= 0.3 is 0 Å². The van der Waals surface area contributed by atoms with Gasteiger partial charge in [-0.1, -0.05) is 13.8 Å². The summed E-state index contributed by atoms with van der Waals surface area (Å²) in [6.45, 7) is 9.92. The van der Waals surface area contributed by atoms with Crippen molar-refractivity contribution in [2.45, 2.75) is 70.2 Å². The number of rotatable bonds is 5. The lowest BCUT2D eigenvalue weighted by Gasteiger charge is -2.36. The van der Waals surface area contributed by atoms with E-state index in [1.165, 1.54) is 38.8 Å². The minimum absolute atomic E-state index is 0.213. The Labute approximate surface area is 129 Å². The van der Waals surface area contributed by atoms with Gasteiger partial charge in [-0.2, -0.15) is 0 Å². The minimum atomic E-state index is -0.213. The van der Waals surface area contributed by atoms with Crippen LogP contribution in [0.4, 0.5) is 0 Å². The van der Waals surface area contributed by atoms with Gasteiger partial charge < -0.3 is 14.8 Å². The molecule has 122 valence electrons. The maximum absolute atomic E-state index is 5.81. The van der Waals surface area contributed by atoms with Gasteiger partial charge in [0.05, 0.1) is 13.2 Å². The van der Waals surface area contributed by atoms with Crippen LogP contribution in [0.15, 0.2) is 0 Å². The van der Waals surface area contributed by atoms with Crippen molar-refractivity contribution >= 4 is 0 Å². The van der Waals surface area contributed by atoms with E-state index in [9.17, 15) is 0 Å². The van der Waals surface area contributed by atoms with Gasteiger partial charge in [0.25, 0.3) is 0 Å². The Balaban J connectivity index is 1.39. The van der Waals surface area contributed by atoms with Crippen molar-refractivity contribution < 1.29 is 9.47 Å². The molecular weight excluding hydrogens is 264 g/mol. The highest BCUT2D eigenvalue weighted by molar-refractivity contribution is 4.88. The summed E-state index contributed by atoms with van der Waals surface area (Å²) in [7, 11) is 0. The molecule has 3 rings (SSSR count). The molecule has 4 heteroatoms. The lowest BCUT2D eigenvalue weighted by Crippen LogP contribution is -2.46. The molecule has 0 bridgehead atoms. The highest BCUT2D eigenvalue weighted by Gasteiger charge is 2.40. The highest BCUT2D eigenvalue weighted by atomic mass is 16.7. The van der Waals surface area contributed by atoms with Gasteiger partial charge in [-0.25, -0.2) is 0 Å². The monoisotopic (exact) mass is 296 g/mol. The second kappa shape index (κ2) is 6.95. The van der Waals surface area contributed by atoms with Crippen molar-refractivity contribution in [3.05, 3.63) is 0 Å². The Morgan fingerprint density at radius 1 is 1.14 bits per heavy atom. The summed E-state index contributed by atoms with van der Waals surface area (Å²) in [5, 5.41) is 3.82. The summed E-state index contributed by atoms with van der Waals surface area (Å²) < 4.78 is 11.6. The zero-order chi connectivity index (χ0) is 14.7. The predicted octanol–water partition coefficient (Wildman–Crippen LogP) is 2.38. The second-order valence-electron chi connectivity index (χ2n) is 7.47. The average molecular weight is 296 g/mol. The molecule has 3 aliphatic rings. The first kappa shape index (κ1) is 15.7. The number of hydrogen-bond donors (Lipinski definition) is 1. The van der Waals surface area contributed by atoms with Gasteiger partial charge in [0.15, 0.2) is 5.79 Å². The zero-order valence-corrected chi connectivity index (χ0v) is 13.8. The maximum Gasteiger partial charge on any atom is 0.168 e. The Kier molecular flexibility index (Phi) is 5.20. The molecule has 21 heavy (non-hydrogen) atoms. The van der Waals surface area contributed by atoms with Gasteiger partial charge in [-0.15, -0.1) is 0 Å². The van der Waals surface area contributed by atoms with Crippen LogP contribution in [0.1, 0.15) is 52.4 Å². The van der Waals surface area contributed by atoms with Crippen LogP contribution >= 0.6 is 0 Å². The Hall–Kier alpha value is -0.160. The van der Waals surface area contributed by atoms with E-state index in [1.807, 2.05) is 0 Å². The number of likely N-dealkylation sites (tertiary alicyclic amines) is 1. The van der Waals surface area contributed by atoms with E-state index < -0.39 is 0 Å². The summed E-state index contributed by atoms with van der Waals surface area (Å²) in [6, 6.07) is 1.41. The largest absolute Gasteiger partial charge is 0.348 e. The molecule has 3 fully saturated rings. The van der Waals surface area contributed by atoms with E-state index in [0.29, 0.717) is 6.04 Å². The molecule has 0 aromatic heterocycles. The molecule has 0 amide bonds. The molecule has 0 aromatic carbocycles. The fraction of sp³-hybridized carbons (Fsp3) is 1.00. The molecule has 4 nitrogen and oxygen atoms in total. The average Bonchev–Trinajstić information content (AvgIpc) is 3.08. The third-order valence-electron chi connectivity index (χ3n) is 5.30. The first-order valence-electron chi connectivity index (χ1n) is 8.92. The first-order chi connectivity index (χ1) is 10.2. The molecule has 2 heterocycles. The van der Waals surface area contributed by atoms with Crippen molar-refractivity contribution in [3.8, 4) is 0 Å². The summed E-state index contributed by atoms with van der Waals surface area (Å²) in [5.74, 6) is 0.562. The van der Waals surface area contributed by atoms with Crippen LogP contribution in [-0.2, 0) is 9.47 Å². The SMILES string of the molecule is CC(C)CN1CCC[C@@H]1CNC1CCC2(CC1)OCCO2. The van der Waals surface area contributed by atoms with Crippen molar-refractivity contribution in [1.82, 2.24) is 10.2 Å². The van der Waals surface area contributed by atoms with Gasteiger partial charge in [-0.3, -0.25) is 4.90 Å². The molecule has 1 saturated carbocycles. The van der Waals surface area contributed by atoms with E-state index in [0.717, 1.165) is 44.6 Å². The fourth-order valence-electron chi connectivity index (χ4n) is 4.19. The van der Waals surface area contributed by atoms with E-state index in [4.69, 9.17) is 9.47 Å². The lowest BCUT2D eigenvalue weighted by atomic mass is 9.90. The van der Waals surface area contributed by atoms with Crippen LogP contribution in [0.3, 0.4) is 0 Å². The number of nitrogens with zero attached hydrogens (tertiary/aromatic N) is 1. The second-order valence-corrected chi connectivity index (χ2v) is 7.47. The topological polar surface area (TPSA) is 33.7 Å². The van der Waals surface area contributed by atoms with Gasteiger partial charge in [-0.05, 0) is 38.1 Å². The maximum atomic E-state index is 5.81. The Bertz CT molecular complexity index is 319. The van der Waals surface area contributed by atoms with Crippen LogP contribution in [0, 0.1) is 5.92 Å². The molecule has 1 spiro atoms. The smallest absolute Gasteiger partial charge is 0.168 e. The van der Waals surface area contributed by atoms with E-state index in [-0.39, 0.29) is 5.79 Å². The molecule has 0 unspecified atom stereocenters. The highest BCUT2D eigenvalue weighted by Crippen LogP contribution is 2.35.